The summed E-state index contributed by atoms with van der Waals surface area (Å²) in [4.78, 5) is 16.9. The number of rotatable bonds is 7. The van der Waals surface area contributed by atoms with Crippen molar-refractivity contribution < 1.29 is 9.53 Å². The van der Waals surface area contributed by atoms with Gasteiger partial charge in [0.2, 0.25) is 5.91 Å². The van der Waals surface area contributed by atoms with Crippen molar-refractivity contribution in [2.45, 2.75) is 13.5 Å². The second-order valence-corrected chi connectivity index (χ2v) is 7.61. The standard InChI is InChI=1S/C21H25Cl2N3O2/c1-2-28-20-6-4-3-5-19(20)24-21(27)15-26-11-9-25(10-12-26)14-16-7-8-17(22)13-18(16)23/h3-8,13H,2,9-12,14-15H2,1H3,(H,24,27). The fraction of sp³-hybridized carbons (Fsp3) is 0.381. The van der Waals surface area contributed by atoms with Crippen molar-refractivity contribution in [2.75, 3.05) is 44.6 Å². The molecule has 1 saturated heterocycles. The van der Waals surface area contributed by atoms with Gasteiger partial charge in [0.15, 0.2) is 0 Å². The van der Waals surface area contributed by atoms with Gasteiger partial charge in [-0.15, -0.1) is 0 Å². The number of hydrogen-bond acceptors (Lipinski definition) is 4. The Morgan fingerprint density at radius 1 is 1.07 bits per heavy atom. The van der Waals surface area contributed by atoms with Gasteiger partial charge in [-0.1, -0.05) is 41.4 Å². The first kappa shape index (κ1) is 20.9. The fourth-order valence-electron chi connectivity index (χ4n) is 3.24. The molecule has 1 fully saturated rings. The van der Waals surface area contributed by atoms with Gasteiger partial charge in [-0.3, -0.25) is 14.6 Å². The number of nitrogens with zero attached hydrogens (tertiary/aromatic N) is 2. The molecule has 0 radical (unpaired) electrons. The predicted molar refractivity (Wildman–Crippen MR) is 114 cm³/mol. The molecule has 1 amide bonds. The van der Waals surface area contributed by atoms with Crippen LogP contribution in [0.3, 0.4) is 0 Å². The Hall–Kier alpha value is -1.79. The summed E-state index contributed by atoms with van der Waals surface area (Å²) < 4.78 is 5.56. The Labute approximate surface area is 176 Å². The average Bonchev–Trinajstić information content (AvgIpc) is 2.67. The normalized spacial score (nSPS) is 15.4. The molecule has 1 heterocycles. The zero-order valence-corrected chi connectivity index (χ0v) is 17.5. The van der Waals surface area contributed by atoms with Gasteiger partial charge in [0.05, 0.1) is 18.8 Å². The van der Waals surface area contributed by atoms with Crippen LogP contribution in [0.2, 0.25) is 10.0 Å². The van der Waals surface area contributed by atoms with Crippen LogP contribution >= 0.6 is 23.2 Å². The molecule has 2 aromatic rings. The Morgan fingerprint density at radius 3 is 2.50 bits per heavy atom. The lowest BCUT2D eigenvalue weighted by Crippen LogP contribution is -2.48. The summed E-state index contributed by atoms with van der Waals surface area (Å²) in [5.41, 5.74) is 1.79. The van der Waals surface area contributed by atoms with Crippen LogP contribution in [-0.4, -0.2) is 55.0 Å². The van der Waals surface area contributed by atoms with E-state index in [1.165, 1.54) is 0 Å². The first-order valence-electron chi connectivity index (χ1n) is 9.45. The van der Waals surface area contributed by atoms with Crippen LogP contribution in [0.5, 0.6) is 5.75 Å². The summed E-state index contributed by atoms with van der Waals surface area (Å²) in [6, 6.07) is 13.1. The van der Waals surface area contributed by atoms with Crippen molar-refractivity contribution >= 4 is 34.8 Å². The molecule has 0 atom stereocenters. The maximum absolute atomic E-state index is 12.4. The number of ether oxygens (including phenoxy) is 1. The zero-order valence-electron chi connectivity index (χ0n) is 16.0. The van der Waals surface area contributed by atoms with Crippen LogP contribution in [0, 0.1) is 0 Å². The third-order valence-electron chi connectivity index (χ3n) is 4.70. The van der Waals surface area contributed by atoms with Crippen LogP contribution < -0.4 is 10.1 Å². The number of amides is 1. The van der Waals surface area contributed by atoms with E-state index in [0.29, 0.717) is 34.6 Å². The summed E-state index contributed by atoms with van der Waals surface area (Å²) in [6.45, 7) is 7.11. The highest BCUT2D eigenvalue weighted by Gasteiger charge is 2.20. The van der Waals surface area contributed by atoms with Crippen LogP contribution in [0.1, 0.15) is 12.5 Å². The quantitative estimate of drug-likeness (QED) is 0.728. The number of hydrogen-bond donors (Lipinski definition) is 1. The number of nitrogens with one attached hydrogen (secondary N) is 1. The second kappa shape index (κ2) is 10.1. The summed E-state index contributed by atoms with van der Waals surface area (Å²) >= 11 is 12.2. The predicted octanol–water partition coefficient (Wildman–Crippen LogP) is 4.15. The summed E-state index contributed by atoms with van der Waals surface area (Å²) in [5.74, 6) is 0.671. The molecule has 150 valence electrons. The molecule has 0 aliphatic carbocycles. The molecule has 0 saturated carbocycles. The Bertz CT molecular complexity index is 808. The van der Waals surface area contributed by atoms with E-state index in [0.717, 1.165) is 38.3 Å². The van der Waals surface area contributed by atoms with Gasteiger partial charge >= 0.3 is 0 Å². The molecular weight excluding hydrogens is 397 g/mol. The third kappa shape index (κ3) is 5.85. The van der Waals surface area contributed by atoms with E-state index in [-0.39, 0.29) is 5.91 Å². The van der Waals surface area contributed by atoms with Crippen molar-refractivity contribution in [3.63, 3.8) is 0 Å². The van der Waals surface area contributed by atoms with Crippen LogP contribution in [-0.2, 0) is 11.3 Å². The maximum Gasteiger partial charge on any atom is 0.238 e. The van der Waals surface area contributed by atoms with Crippen LogP contribution in [0.25, 0.3) is 0 Å². The minimum atomic E-state index is -0.0265. The molecule has 0 aromatic heterocycles. The van der Waals surface area contributed by atoms with E-state index >= 15 is 0 Å². The lowest BCUT2D eigenvalue weighted by molar-refractivity contribution is -0.117. The van der Waals surface area contributed by atoms with E-state index < -0.39 is 0 Å². The second-order valence-electron chi connectivity index (χ2n) is 6.77. The number of carbonyl (C=O) groups excluding carboxylic acids is 1. The van der Waals surface area contributed by atoms with E-state index in [2.05, 4.69) is 15.1 Å². The van der Waals surface area contributed by atoms with Crippen molar-refractivity contribution in [2.24, 2.45) is 0 Å². The van der Waals surface area contributed by atoms with Gasteiger partial charge in [0.1, 0.15) is 5.75 Å². The van der Waals surface area contributed by atoms with Crippen molar-refractivity contribution in [3.05, 3.63) is 58.1 Å². The molecule has 5 nitrogen and oxygen atoms in total. The topological polar surface area (TPSA) is 44.8 Å². The maximum atomic E-state index is 12.4. The average molecular weight is 422 g/mol. The Morgan fingerprint density at radius 2 is 1.79 bits per heavy atom. The highest BCUT2D eigenvalue weighted by Crippen LogP contribution is 2.24. The Balaban J connectivity index is 1.47. The first-order valence-corrected chi connectivity index (χ1v) is 10.2. The van der Waals surface area contributed by atoms with Crippen molar-refractivity contribution in [1.82, 2.24) is 9.80 Å². The van der Waals surface area contributed by atoms with Crippen molar-refractivity contribution in [1.29, 1.82) is 0 Å². The molecule has 0 unspecified atom stereocenters. The minimum absolute atomic E-state index is 0.0265. The highest BCUT2D eigenvalue weighted by atomic mass is 35.5. The van der Waals surface area contributed by atoms with E-state index in [9.17, 15) is 4.79 Å². The van der Waals surface area contributed by atoms with Gasteiger partial charge in [0, 0.05) is 42.8 Å². The number of benzene rings is 2. The van der Waals surface area contributed by atoms with Gasteiger partial charge in [-0.05, 0) is 36.8 Å². The number of para-hydroxylation sites is 2. The lowest BCUT2D eigenvalue weighted by Gasteiger charge is -2.34. The molecule has 0 bridgehead atoms. The molecule has 1 N–H and O–H groups in total. The van der Waals surface area contributed by atoms with Crippen LogP contribution in [0.4, 0.5) is 5.69 Å². The number of halogens is 2. The molecule has 28 heavy (non-hydrogen) atoms. The van der Waals surface area contributed by atoms with Gasteiger partial charge in [-0.25, -0.2) is 0 Å². The third-order valence-corrected chi connectivity index (χ3v) is 5.29. The smallest absolute Gasteiger partial charge is 0.238 e. The minimum Gasteiger partial charge on any atom is -0.492 e. The number of piperazine rings is 1. The number of carbonyl (C=O) groups is 1. The fourth-order valence-corrected chi connectivity index (χ4v) is 3.71. The summed E-state index contributed by atoms with van der Waals surface area (Å²) in [5, 5.41) is 4.30. The van der Waals surface area contributed by atoms with Gasteiger partial charge < -0.3 is 10.1 Å². The van der Waals surface area contributed by atoms with E-state index in [1.807, 2.05) is 43.3 Å². The van der Waals surface area contributed by atoms with Gasteiger partial charge in [0.25, 0.3) is 0 Å². The van der Waals surface area contributed by atoms with Gasteiger partial charge in [-0.2, -0.15) is 0 Å². The SMILES string of the molecule is CCOc1ccccc1NC(=O)CN1CCN(Cc2ccc(Cl)cc2Cl)CC1. The zero-order chi connectivity index (χ0) is 19.9. The van der Waals surface area contributed by atoms with E-state index in [1.54, 1.807) is 6.07 Å². The Kier molecular flexibility index (Phi) is 7.57. The van der Waals surface area contributed by atoms with E-state index in [4.69, 9.17) is 27.9 Å². The first-order chi connectivity index (χ1) is 13.5. The molecule has 2 aromatic carbocycles. The summed E-state index contributed by atoms with van der Waals surface area (Å²) in [7, 11) is 0. The number of anilines is 1. The largest absolute Gasteiger partial charge is 0.492 e. The lowest BCUT2D eigenvalue weighted by atomic mass is 10.2. The molecule has 7 heteroatoms. The monoisotopic (exact) mass is 421 g/mol. The van der Waals surface area contributed by atoms with Crippen molar-refractivity contribution in [3.8, 4) is 5.75 Å². The molecule has 1 aliphatic heterocycles. The summed E-state index contributed by atoms with van der Waals surface area (Å²) in [6.07, 6.45) is 0. The molecule has 0 spiro atoms. The molecule has 1 aliphatic rings. The molecular formula is C21H25Cl2N3O2. The van der Waals surface area contributed by atoms with Crippen LogP contribution in [0.15, 0.2) is 42.5 Å². The molecule has 3 rings (SSSR count). The highest BCUT2D eigenvalue weighted by molar-refractivity contribution is 6.35.